The van der Waals surface area contributed by atoms with Gasteiger partial charge in [-0.15, -0.1) is 0 Å². The summed E-state index contributed by atoms with van der Waals surface area (Å²) >= 11 is 0. The maximum Gasteiger partial charge on any atom is 0.326 e. The van der Waals surface area contributed by atoms with Gasteiger partial charge in [0.25, 0.3) is 0 Å². The molecule has 0 saturated carbocycles. The number of rotatable bonds is 62. The van der Waals surface area contributed by atoms with Crippen LogP contribution < -0.4 is 133 Å². The van der Waals surface area contributed by atoms with Crippen LogP contribution >= 0.6 is 0 Å². The van der Waals surface area contributed by atoms with E-state index in [-0.39, 0.29) is 153 Å². The molecule has 0 radical (unpaired) electrons. The normalized spacial score (nSPS) is 14.7. The number of hydrogen-bond acceptors (Lipinski definition) is 24. The quantitative estimate of drug-likeness (QED) is 0.0153. The van der Waals surface area contributed by atoms with Crippen molar-refractivity contribution in [3.05, 3.63) is 0 Å². The van der Waals surface area contributed by atoms with E-state index in [4.69, 9.17) is 68.8 Å². The number of nitrogens with two attached hydrogens (primary N) is 12. The molecule has 660 valence electrons. The summed E-state index contributed by atoms with van der Waals surface area (Å²) in [4.78, 5) is 222. The molecule has 0 unspecified atom stereocenters. The monoisotopic (exact) mass is 1660 g/mol. The zero-order chi connectivity index (χ0) is 88.3. The van der Waals surface area contributed by atoms with Crippen LogP contribution in [0.2, 0.25) is 0 Å². The first-order valence-electron chi connectivity index (χ1n) is 38.6. The lowest BCUT2D eigenvalue weighted by atomic mass is 9.98. The van der Waals surface area contributed by atoms with Gasteiger partial charge in [-0.1, -0.05) is 27.7 Å². The standard InChI is InChI=1S/C69H130N28O19/c1-35(2)51(63(113)94-46(25-27-49(101)102)60(110)90-43(21-14-32-83-67(76)77)57(107)92-45(24-26-48(99)100)59(109)88-41(19-9-12-30-72)58(108)95-47(65(115)116)23-16-34-85-69(80)81)97-64(114)52(36(3)4)96-61(111)44(22-15-33-84-68(78)79)91-56(106)42(20-13-31-82-66(74)75)89-55(105)40(18-8-11-29-71)87-53(103)37(5)86-54(104)39(17-7-10-28-70)93-62(112)50(73)38(6)98/h35-47,50-52,98H,7-34,70-73H2,1-6H3,(H,86,104)(H,87,103)(H,88,109)(H,89,105)(H,90,110)(H,91,106)(H,92,107)(H,93,112)(H,94,113)(H,95,108)(H,96,111)(H,97,114)(H,99,100)(H,101,102)(H,115,116)(H4,74,75,82)(H4,76,77,83)(H4,78,79,84)(H4,80,81,85)/t37-,38+,39-,40-,41-,42-,43-,44-,45-,46-,47+,50-,51-,52-/m0/s1. The number of aliphatic carboxylic acids is 3. The average Bonchev–Trinajstić information content (AvgIpc) is 0.849. The summed E-state index contributed by atoms with van der Waals surface area (Å²) in [6.45, 7) is 8.98. The number of carbonyl (C=O) groups is 15. The Morgan fingerprint density at radius 3 is 0.776 bits per heavy atom. The zero-order valence-corrected chi connectivity index (χ0v) is 67.2. The number of aliphatic hydroxyl groups excluding tert-OH is 1. The van der Waals surface area contributed by atoms with E-state index in [2.05, 4.69) is 83.8 Å². The van der Waals surface area contributed by atoms with Gasteiger partial charge < -0.3 is 153 Å². The lowest BCUT2D eigenvalue weighted by Crippen LogP contribution is -2.62. The van der Waals surface area contributed by atoms with Crippen LogP contribution in [-0.4, -0.2) is 264 Å². The van der Waals surface area contributed by atoms with Crippen molar-refractivity contribution >= 4 is 113 Å². The second kappa shape index (κ2) is 57.9. The number of amides is 12. The summed E-state index contributed by atoms with van der Waals surface area (Å²) in [5, 5.41) is 69.6. The molecule has 0 aliphatic rings. The first-order chi connectivity index (χ1) is 54.5. The molecule has 0 aromatic rings. The van der Waals surface area contributed by atoms with Gasteiger partial charge in [-0.05, 0) is 167 Å². The Balaban J connectivity index is 7.46. The van der Waals surface area contributed by atoms with Gasteiger partial charge in [-0.25, -0.2) is 4.79 Å². The predicted octanol–water partition coefficient (Wildman–Crippen LogP) is -9.74. The van der Waals surface area contributed by atoms with E-state index in [1.807, 2.05) is 0 Å². The van der Waals surface area contributed by atoms with E-state index in [1.54, 1.807) is 0 Å². The lowest BCUT2D eigenvalue weighted by molar-refractivity contribution is -0.142. The number of hydrogen-bond donors (Lipinski definition) is 28. The Morgan fingerprint density at radius 2 is 0.509 bits per heavy atom. The van der Waals surface area contributed by atoms with Crippen LogP contribution in [-0.2, 0) is 71.9 Å². The number of guanidine groups is 4. The van der Waals surface area contributed by atoms with E-state index in [0.29, 0.717) is 25.7 Å². The van der Waals surface area contributed by atoms with Crippen LogP contribution in [0.25, 0.3) is 0 Å². The molecule has 0 bridgehead atoms. The highest BCUT2D eigenvalue weighted by molar-refractivity contribution is 6.00. The minimum atomic E-state index is -1.82. The second-order valence-corrected chi connectivity index (χ2v) is 28.4. The fraction of sp³-hybridized carbons (Fsp3) is 0.725. The molecule has 0 heterocycles. The first-order valence-corrected chi connectivity index (χ1v) is 38.6. The lowest BCUT2D eigenvalue weighted by Gasteiger charge is -2.30. The van der Waals surface area contributed by atoms with E-state index in [1.165, 1.54) is 41.5 Å². The molecule has 47 heteroatoms. The third-order valence-electron chi connectivity index (χ3n) is 17.7. The van der Waals surface area contributed by atoms with E-state index < -0.39 is 211 Å². The molecule has 47 nitrogen and oxygen atoms in total. The van der Waals surface area contributed by atoms with Crippen LogP contribution in [0.1, 0.15) is 176 Å². The van der Waals surface area contributed by atoms with E-state index in [9.17, 15) is 92.3 Å². The van der Waals surface area contributed by atoms with Gasteiger partial charge >= 0.3 is 17.9 Å². The van der Waals surface area contributed by atoms with Crippen molar-refractivity contribution in [3.8, 4) is 0 Å². The predicted molar refractivity (Wildman–Crippen MR) is 428 cm³/mol. The number of unbranched alkanes of at least 4 members (excludes halogenated alkanes) is 3. The van der Waals surface area contributed by atoms with Crippen molar-refractivity contribution in [2.45, 2.75) is 261 Å². The van der Waals surface area contributed by atoms with Gasteiger partial charge in [-0.2, -0.15) is 0 Å². The van der Waals surface area contributed by atoms with Gasteiger partial charge in [0, 0.05) is 39.0 Å². The SMILES string of the molecule is CC(C)[C@H](NC(=O)[C@H](CCCN=C(N)N)NC(=O)[C@H](CCCN=C(N)N)NC(=O)[C@H](CCCCN)NC(=O)[C@H](C)NC(=O)[C@H](CCCCN)NC(=O)[C@@H](N)[C@@H](C)O)C(=O)N[C@H](C(=O)N[C@@H](CCC(=O)O)C(=O)N[C@@H](CCCN=C(N)N)C(=O)N[C@@H](CCC(=O)O)C(=O)N[C@@H](CCCCN)C(=O)N[C@H](CCCN=C(N)N)C(=O)O)C(C)C. The van der Waals surface area contributed by atoms with Crippen LogP contribution in [0.15, 0.2) is 20.0 Å². The Morgan fingerprint density at radius 1 is 0.284 bits per heavy atom. The molecule has 0 rings (SSSR count). The molecule has 0 spiro atoms. The van der Waals surface area contributed by atoms with Gasteiger partial charge in [0.15, 0.2) is 23.8 Å². The largest absolute Gasteiger partial charge is 0.481 e. The van der Waals surface area contributed by atoms with Gasteiger partial charge in [0.1, 0.15) is 78.5 Å². The first kappa shape index (κ1) is 105. The van der Waals surface area contributed by atoms with E-state index >= 15 is 0 Å². The minimum absolute atomic E-state index is 0.0138. The molecule has 40 N–H and O–H groups in total. The maximum absolute atomic E-state index is 14.7. The molecular formula is C69H130N28O19. The van der Waals surface area contributed by atoms with Crippen molar-refractivity contribution in [2.24, 2.45) is 101 Å². The summed E-state index contributed by atoms with van der Waals surface area (Å²) in [6.07, 6.45) is -2.91. The Kier molecular flexibility index (Phi) is 52.4. The third-order valence-corrected chi connectivity index (χ3v) is 17.7. The second-order valence-electron chi connectivity index (χ2n) is 28.4. The molecular weight excluding hydrogens is 1520 g/mol. The fourth-order valence-electron chi connectivity index (χ4n) is 11.1. The minimum Gasteiger partial charge on any atom is -0.481 e. The van der Waals surface area contributed by atoms with Crippen molar-refractivity contribution in [3.63, 3.8) is 0 Å². The Bertz CT molecular complexity index is 3290. The molecule has 14 atom stereocenters. The van der Waals surface area contributed by atoms with Crippen LogP contribution in [0.4, 0.5) is 0 Å². The highest BCUT2D eigenvalue weighted by atomic mass is 16.4. The number of nitrogens with zero attached hydrogens (tertiary/aromatic N) is 4. The molecule has 116 heavy (non-hydrogen) atoms. The van der Waals surface area contributed by atoms with E-state index in [0.717, 1.165) is 0 Å². The molecule has 12 amide bonds. The number of aliphatic hydroxyl groups is 1. The Labute approximate surface area is 673 Å². The van der Waals surface area contributed by atoms with Crippen LogP contribution in [0, 0.1) is 11.8 Å². The molecule has 0 aliphatic carbocycles. The molecule has 0 aliphatic heterocycles. The third kappa shape index (κ3) is 45.1. The van der Waals surface area contributed by atoms with Crippen molar-refractivity contribution in [1.82, 2.24) is 63.8 Å². The number of nitrogens with one attached hydrogen (secondary N) is 12. The number of carboxylic acids is 3. The summed E-state index contributed by atoms with van der Waals surface area (Å²) in [7, 11) is 0. The fourth-order valence-corrected chi connectivity index (χ4v) is 11.1. The van der Waals surface area contributed by atoms with Gasteiger partial charge in [-0.3, -0.25) is 87.1 Å². The smallest absolute Gasteiger partial charge is 0.326 e. The maximum atomic E-state index is 14.7. The number of carboxylic acid groups (broad SMARTS) is 3. The van der Waals surface area contributed by atoms with Gasteiger partial charge in [0.2, 0.25) is 70.9 Å². The van der Waals surface area contributed by atoms with Crippen molar-refractivity contribution in [2.75, 3.05) is 45.8 Å². The van der Waals surface area contributed by atoms with Crippen LogP contribution in [0.3, 0.4) is 0 Å². The number of carbonyl (C=O) groups excluding carboxylic acids is 12. The zero-order valence-electron chi connectivity index (χ0n) is 67.2. The topological polar surface area (TPSA) is 843 Å². The molecule has 0 aromatic heterocycles. The molecule has 0 fully saturated rings. The molecule has 0 saturated heterocycles. The van der Waals surface area contributed by atoms with Crippen LogP contribution in [0.5, 0.6) is 0 Å². The summed E-state index contributed by atoms with van der Waals surface area (Å²) < 4.78 is 0. The number of aliphatic imine (C=N–C) groups is 4. The van der Waals surface area contributed by atoms with Crippen molar-refractivity contribution in [1.29, 1.82) is 0 Å². The Hall–Kier alpha value is -11.1. The van der Waals surface area contributed by atoms with Gasteiger partial charge in [0.05, 0.1) is 6.10 Å². The summed E-state index contributed by atoms with van der Waals surface area (Å²) in [5.41, 5.74) is 67.1. The highest BCUT2D eigenvalue weighted by Crippen LogP contribution is 2.15. The summed E-state index contributed by atoms with van der Waals surface area (Å²) in [6, 6.07) is -19.8. The average molecular weight is 1660 g/mol. The van der Waals surface area contributed by atoms with Crippen molar-refractivity contribution < 1.29 is 92.3 Å². The highest BCUT2D eigenvalue weighted by Gasteiger charge is 2.39. The molecule has 0 aromatic carbocycles. The summed E-state index contributed by atoms with van der Waals surface area (Å²) in [5.74, 6) is -19.0.